The number of rotatable bonds is 9. The van der Waals surface area contributed by atoms with Gasteiger partial charge in [-0.15, -0.1) is 10.2 Å². The normalized spacial score (nSPS) is 11.5. The average molecular weight is 434 g/mol. The van der Waals surface area contributed by atoms with Crippen LogP contribution in [-0.2, 0) is 17.8 Å². The molecule has 2 N–H and O–H groups in total. The van der Waals surface area contributed by atoms with E-state index < -0.39 is 0 Å². The van der Waals surface area contributed by atoms with Gasteiger partial charge >= 0.3 is 0 Å². The topological polar surface area (TPSA) is 107 Å². The minimum Gasteiger partial charge on any atom is -0.497 e. The van der Waals surface area contributed by atoms with Crippen LogP contribution in [0.2, 0.25) is 0 Å². The first-order chi connectivity index (χ1) is 15.0. The van der Waals surface area contributed by atoms with Gasteiger partial charge in [0.2, 0.25) is 0 Å². The molecule has 0 unspecified atom stereocenters. The molecule has 0 spiro atoms. The Balaban J connectivity index is 1.87. The van der Waals surface area contributed by atoms with Crippen LogP contribution < -0.4 is 10.5 Å². The van der Waals surface area contributed by atoms with E-state index in [4.69, 9.17) is 15.7 Å². The number of nitriles is 1. The second kappa shape index (κ2) is 10.5. The van der Waals surface area contributed by atoms with Crippen LogP contribution in [0.25, 0.3) is 11.4 Å². The fourth-order valence-electron chi connectivity index (χ4n) is 3.01. The fourth-order valence-corrected chi connectivity index (χ4v) is 3.85. The lowest BCUT2D eigenvalue weighted by Gasteiger charge is -2.11. The number of ketones is 1. The van der Waals surface area contributed by atoms with Crippen molar-refractivity contribution in [3.8, 4) is 23.2 Å². The predicted octanol–water partition coefficient (Wildman–Crippen LogP) is 3.61. The molecule has 3 aromatic rings. The number of hydrogen-bond acceptors (Lipinski definition) is 7. The van der Waals surface area contributed by atoms with Gasteiger partial charge in [-0.3, -0.25) is 4.79 Å². The van der Waals surface area contributed by atoms with Gasteiger partial charge in [0.05, 0.1) is 12.9 Å². The largest absolute Gasteiger partial charge is 0.497 e. The summed E-state index contributed by atoms with van der Waals surface area (Å²) in [5, 5.41) is 18.5. The molecule has 0 bridgehead atoms. The monoisotopic (exact) mass is 433 g/mol. The number of thioether (sulfide) groups is 1. The summed E-state index contributed by atoms with van der Waals surface area (Å²) in [4.78, 5) is 12.4. The van der Waals surface area contributed by atoms with E-state index in [0.717, 1.165) is 17.7 Å². The maximum absolute atomic E-state index is 12.4. The summed E-state index contributed by atoms with van der Waals surface area (Å²) in [6.45, 7) is 2.19. The number of carbonyl (C=O) groups excluding carboxylic acids is 1. The Morgan fingerprint density at radius 2 is 1.87 bits per heavy atom. The van der Waals surface area contributed by atoms with Gasteiger partial charge in [-0.25, -0.2) is 0 Å². The third kappa shape index (κ3) is 5.53. The first-order valence-corrected chi connectivity index (χ1v) is 10.7. The Hall–Kier alpha value is -3.57. The van der Waals surface area contributed by atoms with Gasteiger partial charge < -0.3 is 15.0 Å². The quantitative estimate of drug-likeness (QED) is 0.312. The third-order valence-corrected chi connectivity index (χ3v) is 5.62. The molecule has 0 amide bonds. The molecule has 158 valence electrons. The van der Waals surface area contributed by atoms with Crippen LogP contribution in [0.5, 0.6) is 5.75 Å². The molecule has 31 heavy (non-hydrogen) atoms. The zero-order chi connectivity index (χ0) is 22.2. The zero-order valence-electron chi connectivity index (χ0n) is 17.4. The highest BCUT2D eigenvalue weighted by molar-refractivity contribution is 7.99. The number of benzene rings is 2. The van der Waals surface area contributed by atoms with E-state index in [2.05, 4.69) is 22.3 Å². The van der Waals surface area contributed by atoms with Crippen molar-refractivity contribution >= 4 is 17.5 Å². The molecule has 0 saturated heterocycles. The number of aromatic nitrogens is 3. The van der Waals surface area contributed by atoms with E-state index in [9.17, 15) is 4.79 Å². The van der Waals surface area contributed by atoms with Crippen LogP contribution in [0.15, 0.2) is 71.0 Å². The zero-order valence-corrected chi connectivity index (χ0v) is 18.2. The van der Waals surface area contributed by atoms with Gasteiger partial charge in [-0.2, -0.15) is 5.26 Å². The number of Topliss-reactive ketones (excluding diaryl/α,β-unsaturated/α-hetero) is 1. The SMILES string of the molecule is COc1ccc(-c2nnc(SCC(=O)/C(C#N)=C(/C)N)n2CCc2ccccc2)cc1. The van der Waals surface area contributed by atoms with E-state index in [1.165, 1.54) is 17.3 Å². The van der Waals surface area contributed by atoms with Gasteiger partial charge in [0.1, 0.15) is 17.4 Å². The summed E-state index contributed by atoms with van der Waals surface area (Å²) in [5.74, 6) is 1.20. The predicted molar refractivity (Wildman–Crippen MR) is 120 cm³/mol. The lowest BCUT2D eigenvalue weighted by atomic mass is 10.1. The van der Waals surface area contributed by atoms with Crippen molar-refractivity contribution < 1.29 is 9.53 Å². The number of carbonyl (C=O) groups is 1. The maximum Gasteiger partial charge on any atom is 0.191 e. The standard InChI is InChI=1S/C23H23N5O2S/c1-16(25)20(14-24)21(29)15-31-23-27-26-22(18-8-10-19(30-2)11-9-18)28(23)13-12-17-6-4-3-5-7-17/h3-11H,12-13,15,25H2,1-2H3/b20-16-. The van der Waals surface area contributed by atoms with E-state index in [1.54, 1.807) is 14.0 Å². The summed E-state index contributed by atoms with van der Waals surface area (Å²) in [6.07, 6.45) is 0.787. The summed E-state index contributed by atoms with van der Waals surface area (Å²) < 4.78 is 7.24. The number of methoxy groups -OCH3 is 1. The molecule has 2 aromatic carbocycles. The molecule has 0 radical (unpaired) electrons. The van der Waals surface area contributed by atoms with Crippen molar-refractivity contribution in [1.82, 2.24) is 14.8 Å². The average Bonchev–Trinajstić information content (AvgIpc) is 3.20. The smallest absolute Gasteiger partial charge is 0.191 e. The molecule has 0 atom stereocenters. The molecule has 1 aromatic heterocycles. The number of allylic oxidation sites excluding steroid dienone is 2. The third-order valence-electron chi connectivity index (χ3n) is 4.65. The molecular formula is C23H23N5O2S. The Morgan fingerprint density at radius 1 is 1.16 bits per heavy atom. The molecule has 7 nitrogen and oxygen atoms in total. The second-order valence-corrected chi connectivity index (χ2v) is 7.75. The summed E-state index contributed by atoms with van der Waals surface area (Å²) in [6, 6.07) is 19.6. The Kier molecular flexibility index (Phi) is 7.46. The van der Waals surface area contributed by atoms with E-state index >= 15 is 0 Å². The Morgan fingerprint density at radius 3 is 2.48 bits per heavy atom. The van der Waals surface area contributed by atoms with Gasteiger partial charge in [0.25, 0.3) is 0 Å². The van der Waals surface area contributed by atoms with Gasteiger partial charge in [-0.05, 0) is 43.2 Å². The van der Waals surface area contributed by atoms with Gasteiger partial charge in [0.15, 0.2) is 16.8 Å². The summed E-state index contributed by atoms with van der Waals surface area (Å²) in [5.41, 5.74) is 7.94. The number of aryl methyl sites for hydroxylation is 1. The molecule has 8 heteroatoms. The minimum atomic E-state index is -0.323. The molecular weight excluding hydrogens is 410 g/mol. The lowest BCUT2D eigenvalue weighted by Crippen LogP contribution is -2.11. The van der Waals surface area contributed by atoms with Crippen LogP contribution in [0.4, 0.5) is 0 Å². The fraction of sp³-hybridized carbons (Fsp3) is 0.217. The van der Waals surface area contributed by atoms with Crippen LogP contribution in [0.1, 0.15) is 12.5 Å². The molecule has 0 fully saturated rings. The molecule has 3 rings (SSSR count). The van der Waals surface area contributed by atoms with E-state index in [-0.39, 0.29) is 22.8 Å². The van der Waals surface area contributed by atoms with Crippen LogP contribution in [0.3, 0.4) is 0 Å². The first-order valence-electron chi connectivity index (χ1n) is 9.67. The van der Waals surface area contributed by atoms with Crippen molar-refractivity contribution in [2.24, 2.45) is 5.73 Å². The van der Waals surface area contributed by atoms with Crippen LogP contribution in [-0.4, -0.2) is 33.4 Å². The highest BCUT2D eigenvalue weighted by atomic mass is 32.2. The highest BCUT2D eigenvalue weighted by Crippen LogP contribution is 2.26. The molecule has 0 aliphatic rings. The number of ether oxygens (including phenoxy) is 1. The van der Waals surface area contributed by atoms with Crippen LogP contribution in [0, 0.1) is 11.3 Å². The number of nitrogens with zero attached hydrogens (tertiary/aromatic N) is 4. The van der Waals surface area contributed by atoms with Crippen molar-refractivity contribution in [1.29, 1.82) is 5.26 Å². The summed E-state index contributed by atoms with van der Waals surface area (Å²) in [7, 11) is 1.62. The minimum absolute atomic E-state index is 0.0155. The lowest BCUT2D eigenvalue weighted by molar-refractivity contribution is -0.112. The van der Waals surface area contributed by atoms with Crippen molar-refractivity contribution in [2.45, 2.75) is 25.0 Å². The van der Waals surface area contributed by atoms with Gasteiger partial charge in [-0.1, -0.05) is 42.1 Å². The molecule has 0 aliphatic carbocycles. The van der Waals surface area contributed by atoms with Crippen molar-refractivity contribution in [2.75, 3.05) is 12.9 Å². The van der Waals surface area contributed by atoms with E-state index in [1.807, 2.05) is 53.1 Å². The van der Waals surface area contributed by atoms with E-state index in [0.29, 0.717) is 17.5 Å². The Bertz CT molecular complexity index is 1110. The number of nitrogens with two attached hydrogens (primary N) is 1. The highest BCUT2D eigenvalue weighted by Gasteiger charge is 2.18. The first kappa shape index (κ1) is 22.1. The van der Waals surface area contributed by atoms with Crippen molar-refractivity contribution in [3.63, 3.8) is 0 Å². The molecule has 1 heterocycles. The van der Waals surface area contributed by atoms with Crippen molar-refractivity contribution in [3.05, 3.63) is 71.4 Å². The van der Waals surface area contributed by atoms with Crippen LogP contribution >= 0.6 is 11.8 Å². The Labute approximate surface area is 185 Å². The van der Waals surface area contributed by atoms with Gasteiger partial charge in [0, 0.05) is 17.8 Å². The number of hydrogen-bond donors (Lipinski definition) is 1. The summed E-state index contributed by atoms with van der Waals surface area (Å²) >= 11 is 1.25. The molecule has 0 saturated carbocycles. The molecule has 0 aliphatic heterocycles. The second-order valence-electron chi connectivity index (χ2n) is 6.80. The maximum atomic E-state index is 12.4.